The van der Waals surface area contributed by atoms with Crippen molar-refractivity contribution in [3.8, 4) is 5.75 Å². The topological polar surface area (TPSA) is 89.7 Å². The standard InChI is InChI=1S/C19H19F3N6O2/c1-11-17(18(29)25-15-7-4-10-23-26-15)28-16(24-11)9-8-13(27-28)12-5-2-3-6-14(12)30-19(20,21)22/h2-10,13,16,23-24,26-27H,1H3,(H,25,29). The number of nitrogens with one attached hydrogen (secondary N) is 5. The van der Waals surface area contributed by atoms with Crippen LogP contribution in [-0.2, 0) is 4.79 Å². The quantitative estimate of drug-likeness (QED) is 0.474. The van der Waals surface area contributed by atoms with E-state index in [1.807, 2.05) is 0 Å². The largest absolute Gasteiger partial charge is 0.573 e. The van der Waals surface area contributed by atoms with Crippen LogP contribution in [-0.4, -0.2) is 23.4 Å². The number of ether oxygens (including phenoxy) is 1. The van der Waals surface area contributed by atoms with Crippen molar-refractivity contribution in [2.75, 3.05) is 0 Å². The molecule has 0 saturated heterocycles. The second-order valence-electron chi connectivity index (χ2n) is 6.67. The lowest BCUT2D eigenvalue weighted by Crippen LogP contribution is -2.51. The second kappa shape index (κ2) is 7.67. The maximum atomic E-state index is 12.9. The third-order valence-corrected chi connectivity index (χ3v) is 4.60. The van der Waals surface area contributed by atoms with Crippen molar-refractivity contribution in [2.45, 2.75) is 25.5 Å². The number of nitrogens with zero attached hydrogens (tertiary/aromatic N) is 1. The zero-order chi connectivity index (χ0) is 21.3. The predicted octanol–water partition coefficient (Wildman–Crippen LogP) is 1.74. The SMILES string of the molecule is CC1=C(C(=O)NC2=CC=CNN2)N2NC(c3ccccc3OC(F)(F)F)C=CC2N1. The summed E-state index contributed by atoms with van der Waals surface area (Å²) in [6.07, 6.45) is 3.40. The van der Waals surface area contributed by atoms with E-state index in [2.05, 4.69) is 31.6 Å². The summed E-state index contributed by atoms with van der Waals surface area (Å²) < 4.78 is 42.5. The van der Waals surface area contributed by atoms with E-state index in [4.69, 9.17) is 0 Å². The van der Waals surface area contributed by atoms with Crippen LogP contribution in [0.1, 0.15) is 18.5 Å². The normalized spacial score (nSPS) is 22.5. The zero-order valence-electron chi connectivity index (χ0n) is 15.7. The maximum Gasteiger partial charge on any atom is 0.573 e. The van der Waals surface area contributed by atoms with Crippen molar-refractivity contribution in [3.63, 3.8) is 0 Å². The third kappa shape index (κ3) is 4.06. The van der Waals surface area contributed by atoms with Crippen LogP contribution >= 0.6 is 0 Å². The Bertz CT molecular complexity index is 969. The molecule has 11 heteroatoms. The molecule has 3 aliphatic rings. The highest BCUT2D eigenvalue weighted by molar-refractivity contribution is 5.95. The Morgan fingerprint density at radius 2 is 2.03 bits per heavy atom. The summed E-state index contributed by atoms with van der Waals surface area (Å²) in [6, 6.07) is 5.25. The van der Waals surface area contributed by atoms with Crippen LogP contribution < -0.4 is 31.6 Å². The molecule has 0 aliphatic carbocycles. The smallest absolute Gasteiger partial charge is 0.405 e. The Hall–Kier alpha value is -3.60. The van der Waals surface area contributed by atoms with Crippen LogP contribution in [0, 0.1) is 0 Å². The number of benzene rings is 1. The van der Waals surface area contributed by atoms with E-state index in [0.717, 1.165) is 0 Å². The molecular formula is C19H19F3N6O2. The van der Waals surface area contributed by atoms with Crippen molar-refractivity contribution >= 4 is 5.91 Å². The molecule has 1 aromatic rings. The fourth-order valence-electron chi connectivity index (χ4n) is 3.38. The molecule has 4 rings (SSSR count). The Morgan fingerprint density at radius 3 is 2.77 bits per heavy atom. The number of allylic oxidation sites excluding steroid dienone is 3. The Balaban J connectivity index is 1.56. The molecule has 0 radical (unpaired) electrons. The summed E-state index contributed by atoms with van der Waals surface area (Å²) >= 11 is 0. The van der Waals surface area contributed by atoms with Crippen molar-refractivity contribution in [2.24, 2.45) is 0 Å². The number of fused-ring (bicyclic) bond motifs is 1. The minimum atomic E-state index is -4.81. The van der Waals surface area contributed by atoms with Gasteiger partial charge in [0.2, 0.25) is 0 Å². The van der Waals surface area contributed by atoms with Gasteiger partial charge >= 0.3 is 6.36 Å². The lowest BCUT2D eigenvalue weighted by molar-refractivity contribution is -0.275. The van der Waals surface area contributed by atoms with Gasteiger partial charge in [0.05, 0.1) is 6.04 Å². The lowest BCUT2D eigenvalue weighted by Gasteiger charge is -2.35. The summed E-state index contributed by atoms with van der Waals surface area (Å²) in [5.74, 6) is -0.238. The molecule has 0 saturated carbocycles. The second-order valence-corrected chi connectivity index (χ2v) is 6.67. The van der Waals surface area contributed by atoms with Gasteiger partial charge in [-0.2, -0.15) is 0 Å². The summed E-state index contributed by atoms with van der Waals surface area (Å²) in [5.41, 5.74) is 9.89. The van der Waals surface area contributed by atoms with Crippen LogP contribution in [0.3, 0.4) is 0 Å². The molecular weight excluding hydrogens is 401 g/mol. The van der Waals surface area contributed by atoms with Gasteiger partial charge < -0.3 is 20.8 Å². The van der Waals surface area contributed by atoms with Crippen LogP contribution in [0.5, 0.6) is 5.75 Å². The first kappa shape index (κ1) is 19.7. The molecule has 0 aromatic heterocycles. The van der Waals surface area contributed by atoms with Gasteiger partial charge in [-0.1, -0.05) is 24.3 Å². The number of amides is 1. The van der Waals surface area contributed by atoms with Gasteiger partial charge in [-0.25, -0.2) is 5.43 Å². The van der Waals surface area contributed by atoms with Gasteiger partial charge in [-0.15, -0.1) is 13.2 Å². The molecule has 0 spiro atoms. The van der Waals surface area contributed by atoms with Gasteiger partial charge in [0.15, 0.2) is 0 Å². The van der Waals surface area contributed by atoms with E-state index in [1.165, 1.54) is 18.2 Å². The first-order valence-corrected chi connectivity index (χ1v) is 9.07. The third-order valence-electron chi connectivity index (χ3n) is 4.60. The minimum Gasteiger partial charge on any atom is -0.405 e. The Labute approximate surface area is 170 Å². The van der Waals surface area contributed by atoms with E-state index in [9.17, 15) is 18.0 Å². The monoisotopic (exact) mass is 420 g/mol. The molecule has 8 nitrogen and oxygen atoms in total. The molecule has 0 fully saturated rings. The van der Waals surface area contributed by atoms with E-state index < -0.39 is 12.4 Å². The maximum absolute atomic E-state index is 12.9. The predicted molar refractivity (Wildman–Crippen MR) is 101 cm³/mol. The fourth-order valence-corrected chi connectivity index (χ4v) is 3.38. The highest BCUT2D eigenvalue weighted by Gasteiger charge is 2.38. The van der Waals surface area contributed by atoms with Gasteiger partial charge in [-0.05, 0) is 31.2 Å². The molecule has 3 aliphatic heterocycles. The first-order valence-electron chi connectivity index (χ1n) is 9.07. The van der Waals surface area contributed by atoms with Crippen LogP contribution in [0.4, 0.5) is 13.2 Å². The number of carbonyl (C=O) groups is 1. The summed E-state index contributed by atoms with van der Waals surface area (Å²) in [7, 11) is 0. The van der Waals surface area contributed by atoms with Crippen molar-refractivity contribution in [1.29, 1.82) is 0 Å². The van der Waals surface area contributed by atoms with E-state index in [1.54, 1.807) is 48.5 Å². The molecule has 2 unspecified atom stereocenters. The van der Waals surface area contributed by atoms with Crippen molar-refractivity contribution < 1.29 is 22.7 Å². The minimum absolute atomic E-state index is 0.292. The molecule has 2 atom stereocenters. The van der Waals surface area contributed by atoms with E-state index in [-0.39, 0.29) is 17.8 Å². The number of carbonyl (C=O) groups excluding carboxylic acids is 1. The van der Waals surface area contributed by atoms with Gasteiger partial charge in [0.25, 0.3) is 5.91 Å². The summed E-state index contributed by atoms with van der Waals surface area (Å²) in [5, 5.41) is 7.49. The van der Waals surface area contributed by atoms with Crippen LogP contribution in [0.2, 0.25) is 0 Å². The lowest BCUT2D eigenvalue weighted by atomic mass is 10.0. The Kier molecular flexibility index (Phi) is 5.04. The number of halogens is 3. The number of alkyl halides is 3. The van der Waals surface area contributed by atoms with Gasteiger partial charge in [0, 0.05) is 17.5 Å². The first-order chi connectivity index (χ1) is 14.3. The zero-order valence-corrected chi connectivity index (χ0v) is 15.7. The van der Waals surface area contributed by atoms with E-state index >= 15 is 0 Å². The number of hydrogen-bond donors (Lipinski definition) is 5. The average Bonchev–Trinajstić information content (AvgIpc) is 3.03. The molecule has 0 bridgehead atoms. The summed E-state index contributed by atoms with van der Waals surface area (Å²) in [6.45, 7) is 1.75. The number of para-hydroxylation sites is 1. The highest BCUT2D eigenvalue weighted by atomic mass is 19.4. The fraction of sp³-hybridized carbons (Fsp3) is 0.211. The number of hydrogen-bond acceptors (Lipinski definition) is 7. The van der Waals surface area contributed by atoms with Gasteiger partial charge in [0.1, 0.15) is 23.4 Å². The van der Waals surface area contributed by atoms with E-state index in [0.29, 0.717) is 22.8 Å². The molecule has 30 heavy (non-hydrogen) atoms. The highest BCUT2D eigenvalue weighted by Crippen LogP contribution is 2.34. The molecule has 3 heterocycles. The van der Waals surface area contributed by atoms with Crippen LogP contribution in [0.25, 0.3) is 0 Å². The van der Waals surface area contributed by atoms with Gasteiger partial charge in [-0.3, -0.25) is 15.2 Å². The van der Waals surface area contributed by atoms with Crippen molar-refractivity contribution in [3.05, 3.63) is 77.5 Å². The molecule has 1 aromatic carbocycles. The number of rotatable bonds is 4. The molecule has 5 N–H and O–H groups in total. The molecule has 158 valence electrons. The molecule has 1 amide bonds. The van der Waals surface area contributed by atoms with Crippen LogP contribution in [0.15, 0.2) is 72.0 Å². The number of hydrazine groups is 2. The summed E-state index contributed by atoms with van der Waals surface area (Å²) in [4.78, 5) is 12.9. The average molecular weight is 420 g/mol. The van der Waals surface area contributed by atoms with Crippen molar-refractivity contribution in [1.82, 2.24) is 31.9 Å². The Morgan fingerprint density at radius 1 is 1.23 bits per heavy atom.